The highest BCUT2D eigenvalue weighted by Crippen LogP contribution is 2.42. The third-order valence-electron chi connectivity index (χ3n) is 5.92. The molecule has 0 bridgehead atoms. The number of nitrogens with zero attached hydrogens (tertiary/aromatic N) is 1. The quantitative estimate of drug-likeness (QED) is 0.608. The van der Waals surface area contributed by atoms with Crippen molar-refractivity contribution in [2.24, 2.45) is 0 Å². The molecule has 1 heterocycles. The van der Waals surface area contributed by atoms with E-state index < -0.39 is 22.5 Å². The van der Waals surface area contributed by atoms with E-state index in [0.29, 0.717) is 17.2 Å². The molecule has 2 aromatic carbocycles. The van der Waals surface area contributed by atoms with Crippen molar-refractivity contribution < 1.29 is 22.7 Å². The third-order valence-corrected chi connectivity index (χ3v) is 7.28. The number of methoxy groups -OCH3 is 1. The molecular formula is C23H29ClN2O5S. The molecule has 3 rings (SSSR count). The summed E-state index contributed by atoms with van der Waals surface area (Å²) in [7, 11) is -2.35. The summed E-state index contributed by atoms with van der Waals surface area (Å²) in [6.45, 7) is 3.72. The van der Waals surface area contributed by atoms with E-state index in [2.05, 4.69) is 19.2 Å². The van der Waals surface area contributed by atoms with Gasteiger partial charge < -0.3 is 14.8 Å². The van der Waals surface area contributed by atoms with Crippen LogP contribution in [0.25, 0.3) is 0 Å². The number of ether oxygens (including phenoxy) is 2. The van der Waals surface area contributed by atoms with Crippen LogP contribution in [0.5, 0.6) is 11.5 Å². The molecular weight excluding hydrogens is 452 g/mol. The summed E-state index contributed by atoms with van der Waals surface area (Å²) in [6.07, 6.45) is 3.23. The number of nitrogens with one attached hydrogen (secondary N) is 1. The minimum Gasteiger partial charge on any atom is -0.495 e. The van der Waals surface area contributed by atoms with Crippen molar-refractivity contribution in [3.05, 3.63) is 53.1 Å². The van der Waals surface area contributed by atoms with Gasteiger partial charge in [-0.25, -0.2) is 8.42 Å². The fourth-order valence-electron chi connectivity index (χ4n) is 4.04. The Hall–Kier alpha value is -2.45. The van der Waals surface area contributed by atoms with Gasteiger partial charge in [-0.3, -0.25) is 9.10 Å². The van der Waals surface area contributed by atoms with Crippen LogP contribution < -0.4 is 19.1 Å². The molecule has 1 unspecified atom stereocenters. The van der Waals surface area contributed by atoms with Gasteiger partial charge in [-0.05, 0) is 37.1 Å². The molecule has 0 saturated carbocycles. The average molecular weight is 481 g/mol. The summed E-state index contributed by atoms with van der Waals surface area (Å²) in [6, 6.07) is 11.9. The van der Waals surface area contributed by atoms with Gasteiger partial charge in [0.25, 0.3) is 0 Å². The number of anilines is 1. The largest absolute Gasteiger partial charge is 0.495 e. The number of amides is 1. The van der Waals surface area contributed by atoms with Crippen molar-refractivity contribution in [3.8, 4) is 11.5 Å². The first-order valence-electron chi connectivity index (χ1n) is 10.5. The molecule has 0 saturated heterocycles. The Bertz CT molecular complexity index is 1090. The van der Waals surface area contributed by atoms with E-state index in [1.807, 2.05) is 24.3 Å². The topological polar surface area (TPSA) is 84.9 Å². The zero-order chi connectivity index (χ0) is 23.5. The number of rotatable bonds is 8. The molecule has 1 aliphatic rings. The third kappa shape index (κ3) is 5.13. The van der Waals surface area contributed by atoms with Gasteiger partial charge >= 0.3 is 0 Å². The monoisotopic (exact) mass is 480 g/mol. The molecule has 0 fully saturated rings. The van der Waals surface area contributed by atoms with Crippen LogP contribution in [0.15, 0.2) is 42.5 Å². The molecule has 0 spiro atoms. The lowest BCUT2D eigenvalue weighted by Gasteiger charge is -2.41. The fourth-order valence-corrected chi connectivity index (χ4v) is 5.06. The number of para-hydroxylation sites is 1. The number of carbonyl (C=O) groups excluding carboxylic acids is 1. The molecule has 0 aliphatic carbocycles. The summed E-state index contributed by atoms with van der Waals surface area (Å²) >= 11 is 6.09. The maximum atomic E-state index is 13.1. The number of carbonyl (C=O) groups is 1. The first-order valence-corrected chi connectivity index (χ1v) is 12.7. The summed E-state index contributed by atoms with van der Waals surface area (Å²) < 4.78 is 37.7. The number of hydrogen-bond acceptors (Lipinski definition) is 5. The van der Waals surface area contributed by atoms with Gasteiger partial charge in [-0.1, -0.05) is 43.6 Å². The SMILES string of the molecule is CCC1(CC)CC(NC(=O)CN(c2cc(Cl)ccc2OC)S(C)(=O)=O)c2ccccc2O1. The molecule has 2 aromatic rings. The Balaban J connectivity index is 1.89. The predicted octanol–water partition coefficient (Wildman–Crippen LogP) is 4.31. The second-order valence-electron chi connectivity index (χ2n) is 7.94. The molecule has 1 atom stereocenters. The highest BCUT2D eigenvalue weighted by molar-refractivity contribution is 7.92. The zero-order valence-electron chi connectivity index (χ0n) is 18.7. The maximum Gasteiger partial charge on any atom is 0.241 e. The smallest absolute Gasteiger partial charge is 0.241 e. The van der Waals surface area contributed by atoms with E-state index in [1.165, 1.54) is 13.2 Å². The Morgan fingerprint density at radius 2 is 1.94 bits per heavy atom. The Kier molecular flexibility index (Phi) is 7.25. The molecule has 1 aliphatic heterocycles. The first-order chi connectivity index (χ1) is 15.1. The number of halogens is 1. The molecule has 1 amide bonds. The van der Waals surface area contributed by atoms with Crippen LogP contribution in [-0.4, -0.2) is 39.8 Å². The normalized spacial score (nSPS) is 17.1. The number of hydrogen-bond donors (Lipinski definition) is 1. The summed E-state index contributed by atoms with van der Waals surface area (Å²) in [5, 5.41) is 3.36. The van der Waals surface area contributed by atoms with Crippen molar-refractivity contribution in [2.45, 2.75) is 44.8 Å². The summed E-state index contributed by atoms with van der Waals surface area (Å²) in [5.41, 5.74) is 0.699. The second-order valence-corrected chi connectivity index (χ2v) is 10.3. The second kappa shape index (κ2) is 9.58. The summed E-state index contributed by atoms with van der Waals surface area (Å²) in [5.74, 6) is 0.615. The van der Waals surface area contributed by atoms with Crippen LogP contribution in [-0.2, 0) is 14.8 Å². The predicted molar refractivity (Wildman–Crippen MR) is 126 cm³/mol. The molecule has 7 nitrogen and oxygen atoms in total. The highest BCUT2D eigenvalue weighted by atomic mass is 35.5. The van der Waals surface area contributed by atoms with Crippen LogP contribution in [0.3, 0.4) is 0 Å². The van der Waals surface area contributed by atoms with Crippen molar-refractivity contribution in [3.63, 3.8) is 0 Å². The van der Waals surface area contributed by atoms with Gasteiger partial charge in [0, 0.05) is 17.0 Å². The lowest BCUT2D eigenvalue weighted by molar-refractivity contribution is -0.121. The molecule has 0 aromatic heterocycles. The van der Waals surface area contributed by atoms with Crippen molar-refractivity contribution in [1.29, 1.82) is 0 Å². The first kappa shape index (κ1) is 24.2. The Labute approximate surface area is 194 Å². The van der Waals surface area contributed by atoms with Gasteiger partial charge in [0.15, 0.2) is 0 Å². The van der Waals surface area contributed by atoms with Crippen LogP contribution in [0, 0.1) is 0 Å². The lowest BCUT2D eigenvalue weighted by atomic mass is 9.83. The van der Waals surface area contributed by atoms with Gasteiger partial charge in [-0.15, -0.1) is 0 Å². The Morgan fingerprint density at radius 3 is 2.56 bits per heavy atom. The van der Waals surface area contributed by atoms with E-state index in [9.17, 15) is 13.2 Å². The standard InChI is InChI=1S/C23H29ClN2O5S/c1-5-23(6-2)14-18(17-9-7-8-10-20(17)31-23)25-22(27)15-26(32(4,28)29)19-13-16(24)11-12-21(19)30-3/h7-13,18H,5-6,14-15H2,1-4H3,(H,25,27). The minimum atomic E-state index is -3.79. The Morgan fingerprint density at radius 1 is 1.25 bits per heavy atom. The van der Waals surface area contributed by atoms with Crippen molar-refractivity contribution >= 4 is 33.2 Å². The van der Waals surface area contributed by atoms with Crippen molar-refractivity contribution in [1.82, 2.24) is 5.32 Å². The van der Waals surface area contributed by atoms with E-state index in [-0.39, 0.29) is 17.3 Å². The van der Waals surface area contributed by atoms with Crippen LogP contribution in [0.1, 0.15) is 44.7 Å². The van der Waals surface area contributed by atoms with Gasteiger partial charge in [-0.2, -0.15) is 0 Å². The zero-order valence-corrected chi connectivity index (χ0v) is 20.3. The van der Waals surface area contributed by atoms with Crippen molar-refractivity contribution in [2.75, 3.05) is 24.2 Å². The lowest BCUT2D eigenvalue weighted by Crippen LogP contribution is -2.47. The molecule has 9 heteroatoms. The average Bonchev–Trinajstić information content (AvgIpc) is 2.76. The van der Waals surface area contributed by atoms with Gasteiger partial charge in [0.05, 0.1) is 25.1 Å². The molecule has 0 radical (unpaired) electrons. The fraction of sp³-hybridized carbons (Fsp3) is 0.435. The maximum absolute atomic E-state index is 13.1. The van der Waals surface area contributed by atoms with E-state index in [0.717, 1.165) is 34.7 Å². The number of sulfonamides is 1. The number of benzene rings is 2. The van der Waals surface area contributed by atoms with Gasteiger partial charge in [0.2, 0.25) is 15.9 Å². The van der Waals surface area contributed by atoms with Crippen LogP contribution >= 0.6 is 11.6 Å². The van der Waals surface area contributed by atoms with Crippen LogP contribution in [0.2, 0.25) is 5.02 Å². The molecule has 174 valence electrons. The molecule has 1 N–H and O–H groups in total. The van der Waals surface area contributed by atoms with Crippen LogP contribution in [0.4, 0.5) is 5.69 Å². The molecule has 32 heavy (non-hydrogen) atoms. The van der Waals surface area contributed by atoms with E-state index in [1.54, 1.807) is 12.1 Å². The summed E-state index contributed by atoms with van der Waals surface area (Å²) in [4.78, 5) is 13.1. The van der Waals surface area contributed by atoms with Gasteiger partial charge in [0.1, 0.15) is 23.6 Å². The highest BCUT2D eigenvalue weighted by Gasteiger charge is 2.39. The van der Waals surface area contributed by atoms with E-state index >= 15 is 0 Å². The number of fused-ring (bicyclic) bond motifs is 1. The van der Waals surface area contributed by atoms with E-state index in [4.69, 9.17) is 21.1 Å². The minimum absolute atomic E-state index is 0.210.